The van der Waals surface area contributed by atoms with Crippen molar-refractivity contribution >= 4 is 22.8 Å². The number of fused-ring (bicyclic) bond motifs is 1. The number of aryl methyl sites for hydroxylation is 2. The molecule has 0 radical (unpaired) electrons. The van der Waals surface area contributed by atoms with Crippen LogP contribution >= 0.6 is 0 Å². The number of aromatic amines is 1. The van der Waals surface area contributed by atoms with Crippen molar-refractivity contribution in [3.63, 3.8) is 0 Å². The zero-order valence-electron chi connectivity index (χ0n) is 13.4. The Balaban J connectivity index is 2.25. The molecule has 5 nitrogen and oxygen atoms in total. The van der Waals surface area contributed by atoms with Gasteiger partial charge in [0.05, 0.1) is 0 Å². The normalized spacial score (nSPS) is 12.6. The van der Waals surface area contributed by atoms with E-state index in [1.807, 2.05) is 39.8 Å². The number of amides is 1. The van der Waals surface area contributed by atoms with Crippen LogP contribution in [-0.4, -0.2) is 28.0 Å². The zero-order chi connectivity index (χ0) is 16.4. The molecule has 0 aliphatic heterocycles. The van der Waals surface area contributed by atoms with E-state index in [0.717, 1.165) is 22.0 Å². The van der Waals surface area contributed by atoms with Crippen LogP contribution in [0.15, 0.2) is 18.2 Å². The number of H-pyrrole nitrogens is 1. The van der Waals surface area contributed by atoms with Gasteiger partial charge in [-0.15, -0.1) is 0 Å². The van der Waals surface area contributed by atoms with E-state index in [4.69, 9.17) is 0 Å². The molecule has 0 aliphatic carbocycles. The van der Waals surface area contributed by atoms with E-state index in [9.17, 15) is 14.7 Å². The van der Waals surface area contributed by atoms with E-state index in [1.165, 1.54) is 0 Å². The van der Waals surface area contributed by atoms with Gasteiger partial charge in [0.25, 0.3) is 5.91 Å². The van der Waals surface area contributed by atoms with Crippen molar-refractivity contribution in [1.82, 2.24) is 10.3 Å². The van der Waals surface area contributed by atoms with E-state index in [0.29, 0.717) is 12.1 Å². The summed E-state index contributed by atoms with van der Waals surface area (Å²) in [4.78, 5) is 26.6. The van der Waals surface area contributed by atoms with Gasteiger partial charge in [-0.05, 0) is 49.4 Å². The average molecular weight is 302 g/mol. The number of rotatable bonds is 5. The van der Waals surface area contributed by atoms with Gasteiger partial charge in [0.2, 0.25) is 0 Å². The minimum absolute atomic E-state index is 0.189. The Morgan fingerprint density at radius 3 is 2.55 bits per heavy atom. The highest BCUT2D eigenvalue weighted by molar-refractivity contribution is 6.00. The lowest BCUT2D eigenvalue weighted by atomic mass is 10.0. The van der Waals surface area contributed by atoms with Gasteiger partial charge in [-0.3, -0.25) is 4.79 Å². The fourth-order valence-electron chi connectivity index (χ4n) is 2.51. The van der Waals surface area contributed by atoms with Crippen molar-refractivity contribution in [2.45, 2.75) is 40.2 Å². The second-order valence-corrected chi connectivity index (χ2v) is 6.15. The molecular weight excluding hydrogens is 280 g/mol. The fraction of sp³-hybridized carbons (Fsp3) is 0.412. The second-order valence-electron chi connectivity index (χ2n) is 6.15. The van der Waals surface area contributed by atoms with Crippen molar-refractivity contribution in [2.24, 2.45) is 5.92 Å². The second kappa shape index (κ2) is 6.22. The highest BCUT2D eigenvalue weighted by atomic mass is 16.4. The van der Waals surface area contributed by atoms with Crippen LogP contribution in [0.3, 0.4) is 0 Å². The third-order valence-electron chi connectivity index (χ3n) is 3.90. The Bertz CT molecular complexity index is 716. The van der Waals surface area contributed by atoms with Crippen molar-refractivity contribution in [2.75, 3.05) is 0 Å². The van der Waals surface area contributed by atoms with Gasteiger partial charge >= 0.3 is 5.97 Å². The van der Waals surface area contributed by atoms with Crippen LogP contribution in [0.25, 0.3) is 10.9 Å². The minimum Gasteiger partial charge on any atom is -0.480 e. The third kappa shape index (κ3) is 3.30. The lowest BCUT2D eigenvalue weighted by Crippen LogP contribution is -2.41. The van der Waals surface area contributed by atoms with Gasteiger partial charge in [-0.1, -0.05) is 19.9 Å². The maximum Gasteiger partial charge on any atom is 0.326 e. The number of hydrogen-bond donors (Lipinski definition) is 3. The van der Waals surface area contributed by atoms with Crippen LogP contribution in [0.2, 0.25) is 0 Å². The van der Waals surface area contributed by atoms with Gasteiger partial charge in [0, 0.05) is 10.9 Å². The van der Waals surface area contributed by atoms with Crippen LogP contribution in [-0.2, 0) is 4.79 Å². The van der Waals surface area contributed by atoms with E-state index in [2.05, 4.69) is 10.3 Å². The monoisotopic (exact) mass is 302 g/mol. The predicted octanol–water partition coefficient (Wildman–Crippen LogP) is 3.01. The Morgan fingerprint density at radius 2 is 1.95 bits per heavy atom. The largest absolute Gasteiger partial charge is 0.480 e. The molecule has 0 spiro atoms. The first-order valence-electron chi connectivity index (χ1n) is 7.42. The van der Waals surface area contributed by atoms with Gasteiger partial charge in [-0.25, -0.2) is 4.79 Å². The van der Waals surface area contributed by atoms with E-state index < -0.39 is 12.0 Å². The molecule has 1 amide bonds. The van der Waals surface area contributed by atoms with E-state index in [-0.39, 0.29) is 11.8 Å². The summed E-state index contributed by atoms with van der Waals surface area (Å²) in [6.45, 7) is 7.88. The molecule has 3 N–H and O–H groups in total. The fourth-order valence-corrected chi connectivity index (χ4v) is 2.51. The van der Waals surface area contributed by atoms with Crippen molar-refractivity contribution in [3.8, 4) is 0 Å². The Labute approximate surface area is 129 Å². The number of hydrogen-bond acceptors (Lipinski definition) is 2. The predicted molar refractivity (Wildman–Crippen MR) is 86.1 cm³/mol. The molecule has 0 fully saturated rings. The summed E-state index contributed by atoms with van der Waals surface area (Å²) in [6.07, 6.45) is 0.402. The number of carboxylic acid groups (broad SMARTS) is 1. The topological polar surface area (TPSA) is 82.2 Å². The van der Waals surface area contributed by atoms with Gasteiger partial charge < -0.3 is 15.4 Å². The Hall–Kier alpha value is -2.30. The SMILES string of the molecule is Cc1ccc2[nH]c(C(=O)N[C@H](CC(C)C)C(=O)O)cc2c1C. The lowest BCUT2D eigenvalue weighted by molar-refractivity contribution is -0.139. The van der Waals surface area contributed by atoms with Gasteiger partial charge in [-0.2, -0.15) is 0 Å². The molecule has 2 aromatic rings. The van der Waals surface area contributed by atoms with Crippen LogP contribution in [0, 0.1) is 19.8 Å². The Kier molecular flexibility index (Phi) is 4.54. The quantitative estimate of drug-likeness (QED) is 0.794. The molecule has 22 heavy (non-hydrogen) atoms. The van der Waals surface area contributed by atoms with Crippen LogP contribution in [0.1, 0.15) is 41.9 Å². The first-order chi connectivity index (χ1) is 10.3. The van der Waals surface area contributed by atoms with Crippen LogP contribution in [0.4, 0.5) is 0 Å². The van der Waals surface area contributed by atoms with E-state index >= 15 is 0 Å². The lowest BCUT2D eigenvalue weighted by Gasteiger charge is -2.15. The number of aliphatic carboxylic acids is 1. The number of nitrogens with one attached hydrogen (secondary N) is 2. The molecular formula is C17H22N2O3. The van der Waals surface area contributed by atoms with E-state index in [1.54, 1.807) is 6.07 Å². The maximum absolute atomic E-state index is 12.3. The summed E-state index contributed by atoms with van der Waals surface area (Å²) in [5.74, 6) is -1.21. The van der Waals surface area contributed by atoms with Crippen LogP contribution < -0.4 is 5.32 Å². The van der Waals surface area contributed by atoms with Gasteiger partial charge in [0.1, 0.15) is 11.7 Å². The molecule has 1 heterocycles. The molecule has 2 rings (SSSR count). The number of benzene rings is 1. The molecule has 0 unspecified atom stereocenters. The summed E-state index contributed by atoms with van der Waals surface area (Å²) in [6, 6.07) is 4.83. The van der Waals surface area contributed by atoms with Crippen molar-refractivity contribution in [1.29, 1.82) is 0 Å². The molecule has 1 atom stereocenters. The Morgan fingerprint density at radius 1 is 1.27 bits per heavy atom. The van der Waals surface area contributed by atoms with Crippen molar-refractivity contribution in [3.05, 3.63) is 35.0 Å². The smallest absolute Gasteiger partial charge is 0.326 e. The molecule has 0 bridgehead atoms. The molecule has 0 saturated heterocycles. The summed E-state index contributed by atoms with van der Waals surface area (Å²) in [7, 11) is 0. The summed E-state index contributed by atoms with van der Waals surface area (Å²) in [5, 5.41) is 12.8. The van der Waals surface area contributed by atoms with Crippen molar-refractivity contribution < 1.29 is 14.7 Å². The van der Waals surface area contributed by atoms with Crippen LogP contribution in [0.5, 0.6) is 0 Å². The highest BCUT2D eigenvalue weighted by Crippen LogP contribution is 2.22. The first kappa shape index (κ1) is 16.1. The maximum atomic E-state index is 12.3. The average Bonchev–Trinajstić information content (AvgIpc) is 2.86. The highest BCUT2D eigenvalue weighted by Gasteiger charge is 2.22. The molecule has 1 aromatic carbocycles. The van der Waals surface area contributed by atoms with Gasteiger partial charge in [0.15, 0.2) is 0 Å². The molecule has 118 valence electrons. The minimum atomic E-state index is -1.01. The number of aromatic nitrogens is 1. The summed E-state index contributed by atoms with van der Waals surface area (Å²) in [5.41, 5.74) is 3.54. The summed E-state index contributed by atoms with van der Waals surface area (Å²) < 4.78 is 0. The molecule has 1 aromatic heterocycles. The zero-order valence-corrected chi connectivity index (χ0v) is 13.4. The third-order valence-corrected chi connectivity index (χ3v) is 3.90. The number of carbonyl (C=O) groups is 2. The molecule has 0 aliphatic rings. The first-order valence-corrected chi connectivity index (χ1v) is 7.42. The number of carbonyl (C=O) groups excluding carboxylic acids is 1. The molecule has 5 heteroatoms. The summed E-state index contributed by atoms with van der Waals surface area (Å²) >= 11 is 0. The molecule has 0 saturated carbocycles. The standard InChI is InChI=1S/C17H22N2O3/c1-9(2)7-15(17(21)22)19-16(20)14-8-12-11(4)10(3)5-6-13(12)18-14/h5-6,8-9,15,18H,7H2,1-4H3,(H,19,20)(H,21,22)/t15-/m1/s1. The number of carboxylic acids is 1.